The Balaban J connectivity index is 1.29. The van der Waals surface area contributed by atoms with Crippen molar-refractivity contribution in [3.05, 3.63) is 54.1 Å². The van der Waals surface area contributed by atoms with Crippen molar-refractivity contribution >= 4 is 17.6 Å². The van der Waals surface area contributed by atoms with Gasteiger partial charge in [-0.2, -0.15) is 5.10 Å². The van der Waals surface area contributed by atoms with Gasteiger partial charge in [0, 0.05) is 32.6 Å². The van der Waals surface area contributed by atoms with Crippen molar-refractivity contribution in [3.8, 4) is 16.9 Å². The fraction of sp³-hybridized carbons (Fsp3) is 0.423. The van der Waals surface area contributed by atoms with Crippen molar-refractivity contribution in [2.45, 2.75) is 44.6 Å². The molecule has 0 aromatic heterocycles. The third-order valence-corrected chi connectivity index (χ3v) is 5.81. The maximum absolute atomic E-state index is 12.0. The SMILES string of the molecule is NCN[C@@H](CCCCNC(=O)CCCOc1ccc(-c2ccc(C3=NNCC3)cc2)cc1)C(=O)O. The highest BCUT2D eigenvalue weighted by molar-refractivity contribution is 6.01. The van der Waals surface area contributed by atoms with E-state index < -0.39 is 12.0 Å². The quantitative estimate of drug-likeness (QED) is 0.195. The molecule has 1 amide bonds. The number of amides is 1. The molecule has 1 aliphatic heterocycles. The molecule has 188 valence electrons. The van der Waals surface area contributed by atoms with Gasteiger partial charge in [0.05, 0.1) is 12.3 Å². The van der Waals surface area contributed by atoms with Gasteiger partial charge in [0.1, 0.15) is 11.8 Å². The van der Waals surface area contributed by atoms with E-state index in [1.165, 1.54) is 0 Å². The standard InChI is InChI=1S/C26H35N5O4/c27-18-29-24(26(33)34)4-1-2-15-28-25(32)5-3-17-35-22-12-10-20(11-13-22)19-6-8-21(9-7-19)23-14-16-30-31-23/h6-13,24,29-30H,1-5,14-18,27H2,(H,28,32)(H,33,34)/t24-/m0/s1. The predicted octanol–water partition coefficient (Wildman–Crippen LogP) is 2.46. The summed E-state index contributed by atoms with van der Waals surface area (Å²) < 4.78 is 5.77. The normalized spacial score (nSPS) is 13.6. The number of carboxylic acids is 1. The summed E-state index contributed by atoms with van der Waals surface area (Å²) in [5.41, 5.74) is 12.8. The molecule has 35 heavy (non-hydrogen) atoms. The van der Waals surface area contributed by atoms with Gasteiger partial charge in [0.15, 0.2) is 0 Å². The Morgan fingerprint density at radius 3 is 2.34 bits per heavy atom. The Bertz CT molecular complexity index is 976. The summed E-state index contributed by atoms with van der Waals surface area (Å²) in [4.78, 5) is 23.0. The van der Waals surface area contributed by atoms with Gasteiger partial charge in [-0.15, -0.1) is 0 Å². The van der Waals surface area contributed by atoms with E-state index >= 15 is 0 Å². The number of rotatable bonds is 15. The molecule has 0 aliphatic carbocycles. The summed E-state index contributed by atoms with van der Waals surface area (Å²) >= 11 is 0. The van der Waals surface area contributed by atoms with Gasteiger partial charge in [-0.3, -0.25) is 14.9 Å². The molecule has 0 bridgehead atoms. The minimum absolute atomic E-state index is 0.0263. The van der Waals surface area contributed by atoms with Gasteiger partial charge in [-0.1, -0.05) is 36.4 Å². The van der Waals surface area contributed by atoms with Crippen LogP contribution in [0.3, 0.4) is 0 Å². The number of aliphatic carboxylic acids is 1. The number of nitrogens with two attached hydrogens (primary N) is 1. The van der Waals surface area contributed by atoms with Crippen LogP contribution in [0.25, 0.3) is 11.1 Å². The highest BCUT2D eigenvalue weighted by Gasteiger charge is 2.15. The summed E-state index contributed by atoms with van der Waals surface area (Å²) in [6, 6.07) is 15.7. The molecule has 1 atom stereocenters. The third kappa shape index (κ3) is 8.70. The summed E-state index contributed by atoms with van der Waals surface area (Å²) in [7, 11) is 0. The van der Waals surface area contributed by atoms with Crippen LogP contribution in [0.4, 0.5) is 0 Å². The van der Waals surface area contributed by atoms with Crippen LogP contribution < -0.4 is 26.5 Å². The van der Waals surface area contributed by atoms with Gasteiger partial charge in [0.25, 0.3) is 0 Å². The maximum atomic E-state index is 12.0. The molecule has 1 aliphatic rings. The van der Waals surface area contributed by atoms with E-state index in [0.717, 1.165) is 47.5 Å². The summed E-state index contributed by atoms with van der Waals surface area (Å²) in [6.45, 7) is 2.02. The van der Waals surface area contributed by atoms with Crippen molar-refractivity contribution < 1.29 is 19.4 Å². The topological polar surface area (TPSA) is 138 Å². The minimum atomic E-state index is -0.906. The molecule has 6 N–H and O–H groups in total. The number of unbranched alkanes of at least 4 members (excludes halogenated alkanes) is 1. The lowest BCUT2D eigenvalue weighted by atomic mass is 10.0. The molecule has 2 aromatic rings. The molecular weight excluding hydrogens is 446 g/mol. The van der Waals surface area contributed by atoms with E-state index in [1.54, 1.807) is 0 Å². The number of hydrazone groups is 1. The van der Waals surface area contributed by atoms with Crippen LogP contribution in [0.1, 0.15) is 44.1 Å². The average molecular weight is 482 g/mol. The molecule has 0 fully saturated rings. The second-order valence-corrected chi connectivity index (χ2v) is 8.42. The number of hydrogen-bond donors (Lipinski definition) is 5. The monoisotopic (exact) mass is 481 g/mol. The molecule has 9 heteroatoms. The lowest BCUT2D eigenvalue weighted by Gasteiger charge is -2.12. The zero-order valence-electron chi connectivity index (χ0n) is 20.0. The third-order valence-electron chi connectivity index (χ3n) is 5.81. The van der Waals surface area contributed by atoms with E-state index in [1.807, 2.05) is 24.3 Å². The van der Waals surface area contributed by atoms with Crippen LogP contribution in [-0.2, 0) is 9.59 Å². The van der Waals surface area contributed by atoms with Gasteiger partial charge >= 0.3 is 5.97 Å². The van der Waals surface area contributed by atoms with Crippen LogP contribution in [-0.4, -0.2) is 55.1 Å². The zero-order valence-corrected chi connectivity index (χ0v) is 20.0. The number of nitrogens with zero attached hydrogens (tertiary/aromatic N) is 1. The van der Waals surface area contributed by atoms with Crippen LogP contribution in [0, 0.1) is 0 Å². The number of hydrogen-bond acceptors (Lipinski definition) is 7. The van der Waals surface area contributed by atoms with Gasteiger partial charge in [-0.25, -0.2) is 0 Å². The molecule has 0 unspecified atom stereocenters. The van der Waals surface area contributed by atoms with Crippen molar-refractivity contribution in [1.82, 2.24) is 16.1 Å². The lowest BCUT2D eigenvalue weighted by molar-refractivity contribution is -0.139. The number of carboxylic acid groups (broad SMARTS) is 1. The van der Waals surface area contributed by atoms with Gasteiger partial charge in [-0.05, 0) is 54.5 Å². The van der Waals surface area contributed by atoms with E-state index in [9.17, 15) is 9.59 Å². The first kappa shape index (κ1) is 26.2. The fourth-order valence-corrected chi connectivity index (χ4v) is 3.86. The van der Waals surface area contributed by atoms with Crippen LogP contribution in [0.5, 0.6) is 5.75 Å². The van der Waals surface area contributed by atoms with E-state index in [-0.39, 0.29) is 12.6 Å². The summed E-state index contributed by atoms with van der Waals surface area (Å²) in [5, 5.41) is 19.0. The fourth-order valence-electron chi connectivity index (χ4n) is 3.86. The molecule has 9 nitrogen and oxygen atoms in total. The largest absolute Gasteiger partial charge is 0.494 e. The number of carbonyl (C=O) groups is 2. The van der Waals surface area contributed by atoms with Crippen LogP contribution in [0.15, 0.2) is 53.6 Å². The van der Waals surface area contributed by atoms with E-state index in [0.29, 0.717) is 38.8 Å². The molecule has 2 aromatic carbocycles. The van der Waals surface area contributed by atoms with Crippen LogP contribution >= 0.6 is 0 Å². The van der Waals surface area contributed by atoms with Crippen molar-refractivity contribution in [3.63, 3.8) is 0 Å². The Kier molecular flexibility index (Phi) is 10.5. The molecule has 1 heterocycles. The van der Waals surface area contributed by atoms with Crippen molar-refractivity contribution in [2.24, 2.45) is 10.8 Å². The highest BCUT2D eigenvalue weighted by atomic mass is 16.5. The molecule has 3 rings (SSSR count). The first-order valence-corrected chi connectivity index (χ1v) is 12.1. The lowest BCUT2D eigenvalue weighted by Crippen LogP contribution is -2.40. The van der Waals surface area contributed by atoms with Crippen molar-refractivity contribution in [2.75, 3.05) is 26.4 Å². The first-order chi connectivity index (χ1) is 17.1. The Hall–Kier alpha value is -3.43. The second-order valence-electron chi connectivity index (χ2n) is 8.42. The average Bonchev–Trinajstić information content (AvgIpc) is 3.41. The Labute approximate surface area is 206 Å². The Morgan fingerprint density at radius 2 is 1.71 bits per heavy atom. The number of ether oxygens (including phenoxy) is 1. The molecule has 0 saturated heterocycles. The number of benzene rings is 2. The first-order valence-electron chi connectivity index (χ1n) is 12.1. The van der Waals surface area contributed by atoms with E-state index in [2.05, 4.69) is 45.4 Å². The molecule has 0 saturated carbocycles. The Morgan fingerprint density at radius 1 is 1.03 bits per heavy atom. The van der Waals surface area contributed by atoms with Gasteiger partial charge in [0.2, 0.25) is 5.91 Å². The maximum Gasteiger partial charge on any atom is 0.320 e. The number of nitrogens with one attached hydrogen (secondary N) is 3. The summed E-state index contributed by atoms with van der Waals surface area (Å²) in [5.74, 6) is -0.158. The predicted molar refractivity (Wildman–Crippen MR) is 136 cm³/mol. The second kappa shape index (κ2) is 14.1. The smallest absolute Gasteiger partial charge is 0.320 e. The molecule has 0 spiro atoms. The molecule has 0 radical (unpaired) electrons. The van der Waals surface area contributed by atoms with Gasteiger partial charge < -0.3 is 26.3 Å². The molecular formula is C26H35N5O4. The minimum Gasteiger partial charge on any atom is -0.494 e. The zero-order chi connectivity index (χ0) is 24.9. The van der Waals surface area contributed by atoms with E-state index in [4.69, 9.17) is 15.6 Å². The number of carbonyl (C=O) groups excluding carboxylic acids is 1. The summed E-state index contributed by atoms with van der Waals surface area (Å²) in [6.07, 6.45) is 3.86. The van der Waals surface area contributed by atoms with Crippen molar-refractivity contribution in [1.29, 1.82) is 0 Å². The highest BCUT2D eigenvalue weighted by Crippen LogP contribution is 2.23. The van der Waals surface area contributed by atoms with Crippen LogP contribution in [0.2, 0.25) is 0 Å².